The molecule has 2 heterocycles. The van der Waals surface area contributed by atoms with E-state index >= 15 is 0 Å². The first-order valence-electron chi connectivity index (χ1n) is 9.98. The van der Waals surface area contributed by atoms with Gasteiger partial charge in [-0.25, -0.2) is 4.68 Å². The summed E-state index contributed by atoms with van der Waals surface area (Å²) in [7, 11) is 0. The molecule has 9 heteroatoms. The number of rotatable bonds is 6. The zero-order valence-electron chi connectivity index (χ0n) is 17.3. The number of halogens is 2. The Morgan fingerprint density at radius 3 is 2.64 bits per heavy atom. The van der Waals surface area contributed by atoms with Gasteiger partial charge in [-0.1, -0.05) is 47.5 Å². The summed E-state index contributed by atoms with van der Waals surface area (Å²) in [4.78, 5) is 0. The number of para-hydroxylation sites is 1. The van der Waals surface area contributed by atoms with Crippen LogP contribution in [-0.2, 0) is 13.0 Å². The van der Waals surface area contributed by atoms with Gasteiger partial charge >= 0.3 is 0 Å². The van der Waals surface area contributed by atoms with Crippen LogP contribution in [-0.4, -0.2) is 26.1 Å². The first-order chi connectivity index (χ1) is 16.0. The largest absolute Gasteiger partial charge is 0.394 e. The predicted octanol–water partition coefficient (Wildman–Crippen LogP) is 4.70. The average Bonchev–Trinajstić information content (AvgIpc) is 3.31. The number of benzene rings is 2. The predicted molar refractivity (Wildman–Crippen MR) is 129 cm³/mol. The molecule has 4 aromatic rings. The molecule has 0 saturated carbocycles. The third-order valence-corrected chi connectivity index (χ3v) is 5.87. The number of hydrogen-bond donors (Lipinski definition) is 2. The Kier molecular flexibility index (Phi) is 6.39. The normalized spacial score (nSPS) is 11.5. The van der Waals surface area contributed by atoms with Crippen molar-refractivity contribution in [1.29, 1.82) is 10.5 Å². The van der Waals surface area contributed by atoms with Gasteiger partial charge in [0, 0.05) is 34.2 Å². The molecule has 0 bridgehead atoms. The van der Waals surface area contributed by atoms with Crippen molar-refractivity contribution in [1.82, 2.24) is 14.3 Å². The minimum Gasteiger partial charge on any atom is -0.394 e. The van der Waals surface area contributed by atoms with Crippen molar-refractivity contribution in [3.05, 3.63) is 81.1 Å². The third-order valence-electron chi connectivity index (χ3n) is 5.28. The van der Waals surface area contributed by atoms with Gasteiger partial charge in [-0.15, -0.1) is 0 Å². The number of anilines is 1. The van der Waals surface area contributed by atoms with Gasteiger partial charge in [0.1, 0.15) is 29.2 Å². The SMILES string of the molecule is N#CC(=Cn1cc(Cc2ccc(Cl)cc2Cl)c2ccccc21)c1nn(CCO)c(N)c1C#N. The fourth-order valence-electron chi connectivity index (χ4n) is 3.72. The van der Waals surface area contributed by atoms with E-state index in [4.69, 9.17) is 28.9 Å². The molecule has 2 aromatic heterocycles. The number of allylic oxidation sites excluding steroid dienone is 1. The highest BCUT2D eigenvalue weighted by Gasteiger charge is 2.19. The van der Waals surface area contributed by atoms with Crippen molar-refractivity contribution < 1.29 is 5.11 Å². The second kappa shape index (κ2) is 9.40. The number of aliphatic hydroxyl groups is 1. The van der Waals surface area contributed by atoms with Crippen LogP contribution in [0.5, 0.6) is 0 Å². The smallest absolute Gasteiger partial charge is 0.140 e. The Morgan fingerprint density at radius 1 is 1.15 bits per heavy atom. The van der Waals surface area contributed by atoms with Crippen molar-refractivity contribution in [3.8, 4) is 12.1 Å². The number of fused-ring (bicyclic) bond motifs is 1. The van der Waals surface area contributed by atoms with E-state index < -0.39 is 0 Å². The average molecular weight is 477 g/mol. The molecule has 0 saturated heterocycles. The number of hydrogen-bond acceptors (Lipinski definition) is 5. The number of nitriles is 2. The number of nitrogen functional groups attached to an aromatic ring is 1. The van der Waals surface area contributed by atoms with E-state index in [0.29, 0.717) is 16.5 Å². The minimum atomic E-state index is -0.194. The van der Waals surface area contributed by atoms with Gasteiger partial charge in [0.05, 0.1) is 24.2 Å². The van der Waals surface area contributed by atoms with Gasteiger partial charge in [-0.05, 0) is 29.3 Å². The van der Waals surface area contributed by atoms with Crippen LogP contribution in [0.4, 0.5) is 5.82 Å². The summed E-state index contributed by atoms with van der Waals surface area (Å²) < 4.78 is 3.15. The van der Waals surface area contributed by atoms with E-state index in [0.717, 1.165) is 22.0 Å². The van der Waals surface area contributed by atoms with Crippen LogP contribution >= 0.6 is 23.2 Å². The summed E-state index contributed by atoms with van der Waals surface area (Å²) in [6, 6.07) is 17.3. The topological polar surface area (TPSA) is 117 Å². The molecule has 3 N–H and O–H groups in total. The molecule has 0 aliphatic heterocycles. The summed E-state index contributed by atoms with van der Waals surface area (Å²) in [5, 5.41) is 35.1. The monoisotopic (exact) mass is 476 g/mol. The van der Waals surface area contributed by atoms with E-state index in [-0.39, 0.29) is 35.8 Å². The summed E-state index contributed by atoms with van der Waals surface area (Å²) >= 11 is 12.4. The highest BCUT2D eigenvalue weighted by molar-refractivity contribution is 6.35. The van der Waals surface area contributed by atoms with Crippen molar-refractivity contribution in [2.24, 2.45) is 0 Å². The van der Waals surface area contributed by atoms with Gasteiger partial charge < -0.3 is 15.4 Å². The summed E-state index contributed by atoms with van der Waals surface area (Å²) in [5.74, 6) is 0.109. The van der Waals surface area contributed by atoms with Crippen LogP contribution in [0, 0.1) is 22.7 Å². The molecule has 0 spiro atoms. The fourth-order valence-corrected chi connectivity index (χ4v) is 4.19. The molecule has 0 fully saturated rings. The van der Waals surface area contributed by atoms with Crippen molar-refractivity contribution in [2.45, 2.75) is 13.0 Å². The van der Waals surface area contributed by atoms with Crippen LogP contribution in [0.25, 0.3) is 22.7 Å². The van der Waals surface area contributed by atoms with Gasteiger partial charge in [0.2, 0.25) is 0 Å². The molecule has 0 aliphatic rings. The quantitative estimate of drug-likeness (QED) is 0.391. The highest BCUT2D eigenvalue weighted by Crippen LogP contribution is 2.30. The Morgan fingerprint density at radius 2 is 1.94 bits per heavy atom. The van der Waals surface area contributed by atoms with Crippen molar-refractivity contribution in [2.75, 3.05) is 12.3 Å². The molecule has 0 unspecified atom stereocenters. The molecule has 4 rings (SSSR count). The second-order valence-electron chi connectivity index (χ2n) is 7.31. The molecule has 164 valence electrons. The van der Waals surface area contributed by atoms with E-state index in [9.17, 15) is 15.6 Å². The number of aliphatic hydroxyl groups excluding tert-OH is 1. The Labute approximate surface area is 200 Å². The number of nitrogens with zero attached hydrogens (tertiary/aromatic N) is 5. The van der Waals surface area contributed by atoms with Crippen LogP contribution in [0.2, 0.25) is 10.0 Å². The second-order valence-corrected chi connectivity index (χ2v) is 8.16. The van der Waals surface area contributed by atoms with Crippen molar-refractivity contribution >= 4 is 51.7 Å². The lowest BCUT2D eigenvalue weighted by atomic mass is 10.0. The van der Waals surface area contributed by atoms with Crippen LogP contribution in [0.1, 0.15) is 22.4 Å². The third kappa shape index (κ3) is 4.30. The summed E-state index contributed by atoms with van der Waals surface area (Å²) in [6.07, 6.45) is 4.12. The standard InChI is InChI=1S/C24H18Cl2N6O/c25-18-6-5-15(21(26)10-18)9-16-13-31(22-4-2-1-3-19(16)22)14-17(11-27)23-20(12-28)24(29)32(30-23)7-8-33/h1-6,10,13-14,33H,7-9,29H2. The van der Waals surface area contributed by atoms with E-state index in [2.05, 4.69) is 11.2 Å². The van der Waals surface area contributed by atoms with E-state index in [1.165, 1.54) is 4.68 Å². The van der Waals surface area contributed by atoms with Crippen LogP contribution in [0.3, 0.4) is 0 Å². The highest BCUT2D eigenvalue weighted by atomic mass is 35.5. The maximum atomic E-state index is 9.86. The van der Waals surface area contributed by atoms with Gasteiger partial charge in [-0.3, -0.25) is 0 Å². The zero-order chi connectivity index (χ0) is 23.5. The molecule has 0 radical (unpaired) electrons. The number of aromatic nitrogens is 3. The van der Waals surface area contributed by atoms with Gasteiger partial charge in [-0.2, -0.15) is 15.6 Å². The minimum absolute atomic E-state index is 0.0980. The Balaban J connectivity index is 1.83. The molecule has 7 nitrogen and oxygen atoms in total. The van der Waals surface area contributed by atoms with E-state index in [1.54, 1.807) is 18.3 Å². The maximum absolute atomic E-state index is 9.86. The van der Waals surface area contributed by atoms with Crippen LogP contribution in [0.15, 0.2) is 48.7 Å². The number of nitrogens with two attached hydrogens (primary N) is 1. The fraction of sp³-hybridized carbons (Fsp3) is 0.125. The molecular weight excluding hydrogens is 459 g/mol. The lowest BCUT2D eigenvalue weighted by Gasteiger charge is -2.04. The molecule has 33 heavy (non-hydrogen) atoms. The van der Waals surface area contributed by atoms with Crippen molar-refractivity contribution in [3.63, 3.8) is 0 Å². The van der Waals surface area contributed by atoms with Gasteiger partial charge in [0.25, 0.3) is 0 Å². The zero-order valence-corrected chi connectivity index (χ0v) is 18.8. The van der Waals surface area contributed by atoms with Gasteiger partial charge in [0.15, 0.2) is 0 Å². The molecular formula is C24H18Cl2N6O. The first kappa shape index (κ1) is 22.4. The Hall–Kier alpha value is -3.75. The lowest BCUT2D eigenvalue weighted by Crippen LogP contribution is -2.07. The lowest BCUT2D eigenvalue weighted by molar-refractivity contribution is 0.270. The molecule has 0 aliphatic carbocycles. The summed E-state index contributed by atoms with van der Waals surface area (Å²) in [6.45, 7) is -0.0711. The molecule has 0 amide bonds. The molecule has 2 aromatic carbocycles. The first-order valence-corrected chi connectivity index (χ1v) is 10.7. The maximum Gasteiger partial charge on any atom is 0.140 e. The Bertz CT molecular complexity index is 1470. The summed E-state index contributed by atoms with van der Waals surface area (Å²) in [5.41, 5.74) is 9.25. The molecule has 0 atom stereocenters. The van der Waals surface area contributed by atoms with Crippen LogP contribution < -0.4 is 5.73 Å². The van der Waals surface area contributed by atoms with E-state index in [1.807, 2.05) is 47.2 Å².